The normalized spacial score (nSPS) is 25.1. The third-order valence-corrected chi connectivity index (χ3v) is 2.66. The Kier molecular flexibility index (Phi) is 2.21. The van der Waals surface area contributed by atoms with E-state index >= 15 is 0 Å². The van der Waals surface area contributed by atoms with Crippen molar-refractivity contribution in [3.63, 3.8) is 0 Å². The molecule has 1 aromatic carbocycles. The van der Waals surface area contributed by atoms with Crippen LogP contribution in [0.15, 0.2) is 42.6 Å². The molecular weight excluding hydrogens is 192 g/mol. The summed E-state index contributed by atoms with van der Waals surface area (Å²) in [6, 6.07) is 9.15. The van der Waals surface area contributed by atoms with E-state index in [9.17, 15) is 9.90 Å². The number of nitrogens with one attached hydrogen (secondary N) is 1. The van der Waals surface area contributed by atoms with E-state index in [1.54, 1.807) is 24.3 Å². The van der Waals surface area contributed by atoms with Crippen LogP contribution < -0.4 is 5.43 Å². The molecule has 0 fully saturated rings. The van der Waals surface area contributed by atoms with Gasteiger partial charge in [-0.05, 0) is 11.6 Å². The molecule has 78 valence electrons. The third kappa shape index (κ3) is 1.30. The molecule has 0 radical (unpaired) electrons. The smallest absolute Gasteiger partial charge is 0.334 e. The van der Waals surface area contributed by atoms with Crippen molar-refractivity contribution in [2.24, 2.45) is 0 Å². The molecular formula is C11H12N2O2. The molecule has 0 amide bonds. The molecule has 2 rings (SSSR count). The lowest BCUT2D eigenvalue weighted by atomic mass is 9.90. The molecule has 0 saturated heterocycles. The Hall–Kier alpha value is -1.81. The fourth-order valence-electron chi connectivity index (χ4n) is 1.80. The Bertz CT molecular complexity index is 402. The minimum absolute atomic E-state index is 0.737. The first-order valence-electron chi connectivity index (χ1n) is 4.64. The SMILES string of the molecule is CN1NC=CC1(C(=O)O)c1ccccc1. The highest BCUT2D eigenvalue weighted by atomic mass is 16.4. The van der Waals surface area contributed by atoms with Gasteiger partial charge in [-0.25, -0.2) is 9.80 Å². The minimum Gasteiger partial charge on any atom is -0.479 e. The van der Waals surface area contributed by atoms with Gasteiger partial charge in [-0.15, -0.1) is 0 Å². The van der Waals surface area contributed by atoms with Crippen LogP contribution in [0.25, 0.3) is 0 Å². The molecule has 0 spiro atoms. The fourth-order valence-corrected chi connectivity index (χ4v) is 1.80. The second-order valence-corrected chi connectivity index (χ2v) is 3.46. The lowest BCUT2D eigenvalue weighted by Crippen LogP contribution is -2.49. The Balaban J connectivity index is 2.54. The summed E-state index contributed by atoms with van der Waals surface area (Å²) in [5.41, 5.74) is 2.50. The van der Waals surface area contributed by atoms with Gasteiger partial charge in [-0.2, -0.15) is 0 Å². The largest absolute Gasteiger partial charge is 0.479 e. The van der Waals surface area contributed by atoms with Crippen molar-refractivity contribution in [3.05, 3.63) is 48.2 Å². The molecule has 4 heteroatoms. The molecule has 1 unspecified atom stereocenters. The van der Waals surface area contributed by atoms with Crippen molar-refractivity contribution in [2.75, 3.05) is 7.05 Å². The maximum atomic E-state index is 11.4. The molecule has 4 nitrogen and oxygen atoms in total. The summed E-state index contributed by atoms with van der Waals surface area (Å²) in [7, 11) is 1.71. The highest BCUT2D eigenvalue weighted by Crippen LogP contribution is 2.31. The first-order valence-corrected chi connectivity index (χ1v) is 4.64. The van der Waals surface area contributed by atoms with Gasteiger partial charge in [-0.1, -0.05) is 30.3 Å². The van der Waals surface area contributed by atoms with Gasteiger partial charge in [0.15, 0.2) is 5.54 Å². The standard InChI is InChI=1S/C11H12N2O2/c1-13-11(10(14)15,7-8-12-13)9-5-3-2-4-6-9/h2-8,12H,1H3,(H,14,15). The lowest BCUT2D eigenvalue weighted by Gasteiger charge is -2.30. The number of carboxylic acids is 1. The summed E-state index contributed by atoms with van der Waals surface area (Å²) in [5.74, 6) is -0.891. The van der Waals surface area contributed by atoms with Gasteiger partial charge in [-0.3, -0.25) is 0 Å². The van der Waals surface area contributed by atoms with Crippen molar-refractivity contribution < 1.29 is 9.90 Å². The molecule has 2 N–H and O–H groups in total. The van der Waals surface area contributed by atoms with Crippen LogP contribution in [-0.2, 0) is 10.3 Å². The molecule has 15 heavy (non-hydrogen) atoms. The first kappa shape index (κ1) is 9.73. The molecule has 0 saturated carbocycles. The maximum absolute atomic E-state index is 11.4. The molecule has 1 aliphatic rings. The van der Waals surface area contributed by atoms with Crippen LogP contribution in [0.4, 0.5) is 0 Å². The van der Waals surface area contributed by atoms with E-state index in [2.05, 4.69) is 5.43 Å². The highest BCUT2D eigenvalue weighted by molar-refractivity contribution is 5.83. The van der Waals surface area contributed by atoms with E-state index in [0.717, 1.165) is 5.56 Å². The van der Waals surface area contributed by atoms with Crippen molar-refractivity contribution in [2.45, 2.75) is 5.54 Å². The highest BCUT2D eigenvalue weighted by Gasteiger charge is 2.44. The average Bonchev–Trinajstić information content (AvgIpc) is 2.62. The van der Waals surface area contributed by atoms with Gasteiger partial charge in [0.25, 0.3) is 0 Å². The van der Waals surface area contributed by atoms with Crippen molar-refractivity contribution in [1.29, 1.82) is 0 Å². The quantitative estimate of drug-likeness (QED) is 0.752. The summed E-state index contributed by atoms with van der Waals surface area (Å²) in [4.78, 5) is 11.4. The summed E-state index contributed by atoms with van der Waals surface area (Å²) < 4.78 is 0. The van der Waals surface area contributed by atoms with Crippen LogP contribution in [0.1, 0.15) is 5.56 Å². The minimum atomic E-state index is -1.10. The predicted octanol–water partition coefficient (Wildman–Crippen LogP) is 0.930. The monoisotopic (exact) mass is 204 g/mol. The number of hydrogen-bond acceptors (Lipinski definition) is 3. The number of nitrogens with zero attached hydrogens (tertiary/aromatic N) is 1. The summed E-state index contributed by atoms with van der Waals surface area (Å²) in [6.07, 6.45) is 3.28. The van der Waals surface area contributed by atoms with Gasteiger partial charge < -0.3 is 10.5 Å². The summed E-state index contributed by atoms with van der Waals surface area (Å²) in [6.45, 7) is 0. The molecule has 1 aliphatic heterocycles. The average molecular weight is 204 g/mol. The number of hydrogen-bond donors (Lipinski definition) is 2. The summed E-state index contributed by atoms with van der Waals surface area (Å²) >= 11 is 0. The van der Waals surface area contributed by atoms with Crippen LogP contribution in [0.5, 0.6) is 0 Å². The van der Waals surface area contributed by atoms with E-state index in [0.29, 0.717) is 0 Å². The fraction of sp³-hybridized carbons (Fsp3) is 0.182. The van der Waals surface area contributed by atoms with E-state index in [1.807, 2.05) is 30.3 Å². The van der Waals surface area contributed by atoms with Crippen LogP contribution >= 0.6 is 0 Å². The molecule has 1 atom stereocenters. The van der Waals surface area contributed by atoms with E-state index in [4.69, 9.17) is 0 Å². The van der Waals surface area contributed by atoms with Crippen LogP contribution in [0.2, 0.25) is 0 Å². The van der Waals surface area contributed by atoms with Gasteiger partial charge >= 0.3 is 5.97 Å². The lowest BCUT2D eigenvalue weighted by molar-refractivity contribution is -0.148. The number of carbonyl (C=O) groups is 1. The Morgan fingerprint density at radius 1 is 1.40 bits per heavy atom. The number of benzene rings is 1. The Morgan fingerprint density at radius 3 is 2.53 bits per heavy atom. The van der Waals surface area contributed by atoms with Crippen LogP contribution in [-0.4, -0.2) is 23.1 Å². The Morgan fingerprint density at radius 2 is 2.07 bits per heavy atom. The van der Waals surface area contributed by atoms with Crippen molar-refractivity contribution in [1.82, 2.24) is 10.4 Å². The molecule has 0 bridgehead atoms. The zero-order chi connectivity index (χ0) is 10.9. The zero-order valence-corrected chi connectivity index (χ0v) is 8.34. The first-order chi connectivity index (χ1) is 7.18. The van der Waals surface area contributed by atoms with Crippen LogP contribution in [0, 0.1) is 0 Å². The maximum Gasteiger partial charge on any atom is 0.334 e. The number of hydrazine groups is 1. The zero-order valence-electron chi connectivity index (χ0n) is 8.34. The van der Waals surface area contributed by atoms with E-state index in [1.165, 1.54) is 0 Å². The van der Waals surface area contributed by atoms with Crippen molar-refractivity contribution in [3.8, 4) is 0 Å². The molecule has 0 aliphatic carbocycles. The Labute approximate surface area is 87.8 Å². The number of aliphatic carboxylic acids is 1. The van der Waals surface area contributed by atoms with E-state index in [-0.39, 0.29) is 0 Å². The van der Waals surface area contributed by atoms with Gasteiger partial charge in [0.1, 0.15) is 0 Å². The number of likely N-dealkylation sites (N-methyl/N-ethyl adjacent to an activating group) is 1. The second-order valence-electron chi connectivity index (χ2n) is 3.46. The number of rotatable bonds is 2. The predicted molar refractivity (Wildman–Crippen MR) is 55.8 cm³/mol. The molecule has 1 aromatic rings. The van der Waals surface area contributed by atoms with Gasteiger partial charge in [0.05, 0.1) is 0 Å². The molecule has 1 heterocycles. The van der Waals surface area contributed by atoms with Crippen LogP contribution in [0.3, 0.4) is 0 Å². The topological polar surface area (TPSA) is 52.6 Å². The second kappa shape index (κ2) is 3.40. The van der Waals surface area contributed by atoms with Gasteiger partial charge in [0.2, 0.25) is 0 Å². The molecule has 0 aromatic heterocycles. The third-order valence-electron chi connectivity index (χ3n) is 2.66. The summed E-state index contributed by atoms with van der Waals surface area (Å²) in [5, 5.41) is 10.9. The van der Waals surface area contributed by atoms with Gasteiger partial charge in [0, 0.05) is 13.2 Å². The van der Waals surface area contributed by atoms with E-state index < -0.39 is 11.5 Å². The van der Waals surface area contributed by atoms with Crippen molar-refractivity contribution >= 4 is 5.97 Å². The number of carboxylic acid groups (broad SMARTS) is 1.